The average Bonchev–Trinajstić information content (AvgIpc) is 2.92. The molecule has 2 heteroatoms. The molecule has 3 aromatic rings. The molecule has 0 bridgehead atoms. The lowest BCUT2D eigenvalue weighted by molar-refractivity contribution is 0.617. The van der Waals surface area contributed by atoms with E-state index in [0.29, 0.717) is 5.92 Å². The maximum absolute atomic E-state index is 3.54. The van der Waals surface area contributed by atoms with E-state index in [1.807, 2.05) is 0 Å². The van der Waals surface area contributed by atoms with Crippen molar-refractivity contribution in [3.8, 4) is 0 Å². The molecule has 1 unspecified atom stereocenters. The van der Waals surface area contributed by atoms with Gasteiger partial charge in [-0.15, -0.1) is 0 Å². The molecule has 0 aliphatic rings. The number of H-pyrrole nitrogens is 1. The number of fused-ring (bicyclic) bond motifs is 1. The molecule has 1 heterocycles. The lowest BCUT2D eigenvalue weighted by Crippen LogP contribution is -2.19. The second-order valence-corrected chi connectivity index (χ2v) is 5.31. The first-order chi connectivity index (χ1) is 9.84. The van der Waals surface area contributed by atoms with Gasteiger partial charge in [-0.3, -0.25) is 0 Å². The van der Waals surface area contributed by atoms with Crippen LogP contribution in [0.15, 0.2) is 60.8 Å². The molecule has 0 fully saturated rings. The number of aromatic nitrogens is 1. The van der Waals surface area contributed by atoms with Crippen molar-refractivity contribution in [2.75, 3.05) is 6.54 Å². The average molecular weight is 264 g/mol. The first-order valence-electron chi connectivity index (χ1n) is 7.15. The summed E-state index contributed by atoms with van der Waals surface area (Å²) in [5.74, 6) is 0.495. The van der Waals surface area contributed by atoms with Gasteiger partial charge in [-0.2, -0.15) is 0 Å². The van der Waals surface area contributed by atoms with Gasteiger partial charge in [0.25, 0.3) is 0 Å². The summed E-state index contributed by atoms with van der Waals surface area (Å²) >= 11 is 0. The van der Waals surface area contributed by atoms with E-state index in [-0.39, 0.29) is 0 Å². The molecular formula is C18H20N2. The lowest BCUT2D eigenvalue weighted by atomic mass is 10.0. The van der Waals surface area contributed by atoms with Crippen LogP contribution in [-0.4, -0.2) is 11.5 Å². The maximum atomic E-state index is 3.54. The summed E-state index contributed by atoms with van der Waals surface area (Å²) in [6.07, 6.45) is 2.14. The highest BCUT2D eigenvalue weighted by Gasteiger charge is 2.10. The summed E-state index contributed by atoms with van der Waals surface area (Å²) in [6.45, 7) is 4.18. The zero-order valence-electron chi connectivity index (χ0n) is 11.8. The van der Waals surface area contributed by atoms with Crippen LogP contribution in [-0.2, 0) is 6.54 Å². The highest BCUT2D eigenvalue weighted by atomic mass is 14.9. The van der Waals surface area contributed by atoms with Gasteiger partial charge in [0.1, 0.15) is 0 Å². The standard InChI is InChI=1S/C18H20N2/c1-14(11-19-12-15-7-3-2-4-8-15)17-13-20-18-10-6-5-9-16(17)18/h2-10,13-14,19-20H,11-12H2,1H3. The van der Waals surface area contributed by atoms with Gasteiger partial charge in [0, 0.05) is 30.2 Å². The Morgan fingerprint density at radius 2 is 1.75 bits per heavy atom. The Hall–Kier alpha value is -2.06. The van der Waals surface area contributed by atoms with Gasteiger partial charge in [0.15, 0.2) is 0 Å². The molecule has 20 heavy (non-hydrogen) atoms. The predicted octanol–water partition coefficient (Wildman–Crippen LogP) is 4.06. The second-order valence-electron chi connectivity index (χ2n) is 5.31. The molecule has 0 saturated carbocycles. The topological polar surface area (TPSA) is 27.8 Å². The minimum absolute atomic E-state index is 0.495. The Kier molecular flexibility index (Phi) is 3.84. The number of hydrogen-bond acceptors (Lipinski definition) is 1. The smallest absolute Gasteiger partial charge is 0.0456 e. The number of benzene rings is 2. The van der Waals surface area contributed by atoms with Crippen LogP contribution >= 0.6 is 0 Å². The number of para-hydroxylation sites is 1. The molecule has 0 aliphatic carbocycles. The molecule has 0 radical (unpaired) electrons. The van der Waals surface area contributed by atoms with Crippen LogP contribution in [0.1, 0.15) is 24.0 Å². The molecule has 0 aliphatic heterocycles. The van der Waals surface area contributed by atoms with Crippen molar-refractivity contribution >= 4 is 10.9 Å². The molecule has 0 amide bonds. The van der Waals surface area contributed by atoms with Gasteiger partial charge in [-0.05, 0) is 23.1 Å². The molecule has 0 saturated heterocycles. The highest BCUT2D eigenvalue weighted by Crippen LogP contribution is 2.24. The van der Waals surface area contributed by atoms with Crippen molar-refractivity contribution in [1.82, 2.24) is 10.3 Å². The number of aromatic amines is 1. The van der Waals surface area contributed by atoms with Crippen LogP contribution in [0, 0.1) is 0 Å². The maximum Gasteiger partial charge on any atom is 0.0456 e. The molecule has 3 rings (SSSR count). The predicted molar refractivity (Wildman–Crippen MR) is 84.9 cm³/mol. The van der Waals surface area contributed by atoms with E-state index < -0.39 is 0 Å². The molecule has 102 valence electrons. The van der Waals surface area contributed by atoms with E-state index >= 15 is 0 Å². The Bertz CT molecular complexity index is 670. The SMILES string of the molecule is CC(CNCc1ccccc1)c1c[nH]c2ccccc12. The normalized spacial score (nSPS) is 12.7. The van der Waals surface area contributed by atoms with Crippen LogP contribution < -0.4 is 5.32 Å². The zero-order chi connectivity index (χ0) is 13.8. The summed E-state index contributed by atoms with van der Waals surface area (Å²) in [7, 11) is 0. The molecule has 1 aromatic heterocycles. The zero-order valence-corrected chi connectivity index (χ0v) is 11.8. The van der Waals surface area contributed by atoms with Crippen molar-refractivity contribution in [1.29, 1.82) is 0 Å². The van der Waals surface area contributed by atoms with Gasteiger partial charge < -0.3 is 10.3 Å². The fourth-order valence-corrected chi connectivity index (χ4v) is 2.64. The van der Waals surface area contributed by atoms with Gasteiger partial charge in [0.2, 0.25) is 0 Å². The minimum atomic E-state index is 0.495. The molecule has 2 N–H and O–H groups in total. The molecule has 1 atom stereocenters. The van der Waals surface area contributed by atoms with E-state index in [1.165, 1.54) is 22.0 Å². The molecule has 2 nitrogen and oxygen atoms in total. The third kappa shape index (κ3) is 2.75. The third-order valence-corrected chi connectivity index (χ3v) is 3.77. The van der Waals surface area contributed by atoms with E-state index in [0.717, 1.165) is 13.1 Å². The number of rotatable bonds is 5. The van der Waals surface area contributed by atoms with Crippen LogP contribution in [0.5, 0.6) is 0 Å². The summed E-state index contributed by atoms with van der Waals surface area (Å²) < 4.78 is 0. The van der Waals surface area contributed by atoms with E-state index in [1.54, 1.807) is 0 Å². The van der Waals surface area contributed by atoms with E-state index in [4.69, 9.17) is 0 Å². The van der Waals surface area contributed by atoms with Gasteiger partial charge in [-0.1, -0.05) is 55.5 Å². The Morgan fingerprint density at radius 3 is 2.60 bits per heavy atom. The van der Waals surface area contributed by atoms with E-state index in [2.05, 4.69) is 78.0 Å². The second kappa shape index (κ2) is 5.93. The van der Waals surface area contributed by atoms with Crippen molar-refractivity contribution in [2.24, 2.45) is 0 Å². The summed E-state index contributed by atoms with van der Waals surface area (Å²) in [5, 5.41) is 4.88. The third-order valence-electron chi connectivity index (χ3n) is 3.77. The summed E-state index contributed by atoms with van der Waals surface area (Å²) in [6, 6.07) is 19.0. The quantitative estimate of drug-likeness (QED) is 0.714. The highest BCUT2D eigenvalue weighted by molar-refractivity contribution is 5.83. The van der Waals surface area contributed by atoms with Gasteiger partial charge in [0.05, 0.1) is 0 Å². The fourth-order valence-electron chi connectivity index (χ4n) is 2.64. The van der Waals surface area contributed by atoms with Crippen LogP contribution in [0.3, 0.4) is 0 Å². The van der Waals surface area contributed by atoms with Crippen molar-refractivity contribution < 1.29 is 0 Å². The minimum Gasteiger partial charge on any atom is -0.361 e. The fraction of sp³-hybridized carbons (Fsp3) is 0.222. The largest absolute Gasteiger partial charge is 0.361 e. The Labute approximate surface area is 119 Å². The summed E-state index contributed by atoms with van der Waals surface area (Å²) in [4.78, 5) is 3.35. The number of nitrogens with one attached hydrogen (secondary N) is 2. The number of hydrogen-bond donors (Lipinski definition) is 2. The first-order valence-corrected chi connectivity index (χ1v) is 7.15. The first kappa shape index (κ1) is 12.9. The van der Waals surface area contributed by atoms with Crippen molar-refractivity contribution in [3.05, 3.63) is 71.9 Å². The van der Waals surface area contributed by atoms with Crippen molar-refractivity contribution in [2.45, 2.75) is 19.4 Å². The van der Waals surface area contributed by atoms with Crippen LogP contribution in [0.2, 0.25) is 0 Å². The van der Waals surface area contributed by atoms with Gasteiger partial charge in [-0.25, -0.2) is 0 Å². The molecular weight excluding hydrogens is 244 g/mol. The van der Waals surface area contributed by atoms with Crippen LogP contribution in [0.25, 0.3) is 10.9 Å². The molecule has 0 spiro atoms. The van der Waals surface area contributed by atoms with Gasteiger partial charge >= 0.3 is 0 Å². The Morgan fingerprint density at radius 1 is 1.00 bits per heavy atom. The Balaban J connectivity index is 1.63. The summed E-state index contributed by atoms with van der Waals surface area (Å²) in [5.41, 5.74) is 3.94. The van der Waals surface area contributed by atoms with E-state index in [9.17, 15) is 0 Å². The van der Waals surface area contributed by atoms with Crippen LogP contribution in [0.4, 0.5) is 0 Å². The monoisotopic (exact) mass is 264 g/mol. The molecule has 2 aromatic carbocycles. The van der Waals surface area contributed by atoms with Crippen molar-refractivity contribution in [3.63, 3.8) is 0 Å². The lowest BCUT2D eigenvalue weighted by Gasteiger charge is -2.12.